The van der Waals surface area contributed by atoms with Crippen LogP contribution in [0.3, 0.4) is 0 Å². The van der Waals surface area contributed by atoms with E-state index in [4.69, 9.17) is 52.9 Å². The first-order valence-electron chi connectivity index (χ1n) is 46.9. The standard InChI is InChI=1S/C26H28N4.C25H27N5.C15H16ClN3.C15H20N2O2.C10H10N2O.C10H12N2.C10H9NO/c1-18(2)24-16-20-12-6-9-15-23(20)30(24)26-28-22-14-8-7-13-21(22)25(29-26)27-17-19-10-4-3-5-11-19;1-17(26)23-15-19-11-5-8-14-22(19)30(23)25-28-21-13-7-6-12-20(21)24(29-25)27-16-18-9-3-2-4-10-18;16-15-18-13-9-5-4-8-12(13)14(19-15)17-10-11-6-2-1-3-7-11;1-10(16-14(18)19-15(2,3)4)13-9-11-7-5-6-8-12(11)17-13;1-7(12-13)10-6-8-4-2-3-5-9(8)11-10;1-7(11)10-6-8-4-2-3-5-9(8)12-10;1-7(12)10-6-8-4-2-3-5-9(8)11-10/h3-6,9-12,15-16,18H,7-8,13-14,17H2,1-2H3,(H,27,28,29);2-5,8-11,14-15,17H,6-7,12-13,16,26H2,1H3,(H,27,28,29);1-3,6-7H,4-5,8-10H2,(H,17,18,19);5-10,17H,1-4H3,(H,16,18);2-6,11,13H,1H3;2-7,12H,11H2,1H3;2-6,11H,1H3/b;;;;12-7+;;. The predicted molar refractivity (Wildman–Crippen MR) is 550 cm³/mol. The molecule has 0 radical (unpaired) electrons. The number of ether oxygens (including phenoxy) is 1. The van der Waals surface area contributed by atoms with Gasteiger partial charge in [0.1, 0.15) is 23.1 Å². The summed E-state index contributed by atoms with van der Waals surface area (Å²) in [5.41, 5.74) is 35.6. The van der Waals surface area contributed by atoms with Gasteiger partial charge in [-0.25, -0.2) is 24.7 Å². The van der Waals surface area contributed by atoms with E-state index in [1.54, 1.807) is 13.8 Å². The number of fused-ring (bicyclic) bond motifs is 9. The van der Waals surface area contributed by atoms with Crippen molar-refractivity contribution in [3.63, 3.8) is 0 Å². The molecule has 18 aromatic rings. The number of ketones is 1. The number of carbonyl (C=O) groups is 2. The number of halogens is 1. The molecule has 0 saturated carbocycles. The molecule has 135 heavy (non-hydrogen) atoms. The van der Waals surface area contributed by atoms with Crippen molar-refractivity contribution >= 4 is 112 Å². The van der Waals surface area contributed by atoms with Gasteiger partial charge in [0.05, 0.1) is 51.3 Å². The maximum Gasteiger partial charge on any atom is 0.408 e. The zero-order valence-electron chi connectivity index (χ0n) is 78.6. The molecule has 692 valence electrons. The van der Waals surface area contributed by atoms with Crippen LogP contribution in [0.2, 0.25) is 5.28 Å². The van der Waals surface area contributed by atoms with Gasteiger partial charge in [0.25, 0.3) is 0 Å². The molecule has 3 atom stereocenters. The summed E-state index contributed by atoms with van der Waals surface area (Å²) in [5, 5.41) is 32.5. The third-order valence-electron chi connectivity index (χ3n) is 24.1. The van der Waals surface area contributed by atoms with E-state index in [1.165, 1.54) is 99.6 Å². The number of H-pyrrole nitrogens is 4. The van der Waals surface area contributed by atoms with Crippen LogP contribution < -0.4 is 32.7 Å². The zero-order chi connectivity index (χ0) is 94.5. The highest BCUT2D eigenvalue weighted by Crippen LogP contribution is 2.36. The quantitative estimate of drug-likeness (QED) is 0.0125. The number of aryl methyl sites for hydroxylation is 3. The van der Waals surface area contributed by atoms with Gasteiger partial charge in [-0.05, 0) is 243 Å². The van der Waals surface area contributed by atoms with Crippen LogP contribution in [-0.4, -0.2) is 87.4 Å². The fourth-order valence-electron chi connectivity index (χ4n) is 17.1. The summed E-state index contributed by atoms with van der Waals surface area (Å²) in [6.07, 6.45) is 12.9. The number of Topliss-reactive ketones (excluding diaryl/α,β-unsaturated/α-hetero) is 1. The van der Waals surface area contributed by atoms with Crippen LogP contribution in [0.15, 0.2) is 278 Å². The second-order valence-electron chi connectivity index (χ2n) is 35.9. The van der Waals surface area contributed by atoms with Gasteiger partial charge in [-0.3, -0.25) is 13.9 Å². The monoisotopic (exact) mass is 1820 g/mol. The number of aromatic nitrogens is 12. The topological polar surface area (TPSA) is 326 Å². The van der Waals surface area contributed by atoms with Gasteiger partial charge in [0.2, 0.25) is 17.2 Å². The fourth-order valence-corrected chi connectivity index (χ4v) is 17.3. The van der Waals surface area contributed by atoms with Crippen LogP contribution >= 0.6 is 11.6 Å². The Kier molecular flexibility index (Phi) is 31.6. The number of oxime groups is 1. The number of amides is 1. The molecule has 24 heteroatoms. The normalized spacial score (nSPS) is 13.4. The molecule has 0 saturated heterocycles. The molecule has 21 rings (SSSR count). The van der Waals surface area contributed by atoms with Crippen molar-refractivity contribution in [3.05, 3.63) is 363 Å². The number of rotatable bonds is 18. The Morgan fingerprint density at radius 1 is 0.422 bits per heavy atom. The number of anilines is 3. The van der Waals surface area contributed by atoms with Crippen LogP contribution in [0.1, 0.15) is 221 Å². The Balaban J connectivity index is 0.000000124. The second kappa shape index (κ2) is 44.8. The number of carbonyl (C=O) groups excluding carboxylic acids is 2. The minimum absolute atomic E-state index is 0.0752. The SMILES string of the molecule is C/C(=N\O)c1cc2ccccc2[nH]1.CC(=O)c1cc2ccccc2[nH]1.CC(C)c1cc2ccccc2n1-c1nc2c(c(NCc3ccccc3)n1)CCCC2.CC(N)c1cc2ccccc2[nH]1.CC(N)c1cc2ccccc2n1-c1nc2c(c(NCc3ccccc3)n1)CCCC2.CC(NC(=O)OC(C)(C)C)c1cc2ccccc2[nH]1.Clc1nc2c(c(NCc3ccccc3)n1)CCCC2. The van der Waals surface area contributed by atoms with Crippen LogP contribution in [0.25, 0.3) is 77.3 Å². The van der Waals surface area contributed by atoms with E-state index >= 15 is 0 Å². The largest absolute Gasteiger partial charge is 0.444 e. The molecule has 0 spiro atoms. The van der Waals surface area contributed by atoms with Gasteiger partial charge in [0, 0.05) is 122 Å². The summed E-state index contributed by atoms with van der Waals surface area (Å²) in [6, 6.07) is 92.4. The molecule has 23 nitrogen and oxygen atoms in total. The van der Waals surface area contributed by atoms with Gasteiger partial charge in [0.15, 0.2) is 5.78 Å². The molecule has 0 aliphatic heterocycles. The Morgan fingerprint density at radius 2 is 0.778 bits per heavy atom. The number of hydrogen-bond donors (Lipinski definition) is 11. The summed E-state index contributed by atoms with van der Waals surface area (Å²) in [4.78, 5) is 64.3. The fraction of sp³-hybridized carbons (Fsp3) is 0.270. The number of hydrogen-bond acceptors (Lipinski definition) is 16. The van der Waals surface area contributed by atoms with E-state index in [-0.39, 0.29) is 23.9 Å². The van der Waals surface area contributed by atoms with Crippen molar-refractivity contribution in [2.45, 2.75) is 196 Å². The lowest BCUT2D eigenvalue weighted by molar-refractivity contribution is 0.0506. The van der Waals surface area contributed by atoms with E-state index in [0.29, 0.717) is 28.6 Å². The Labute approximate surface area is 793 Å². The lowest BCUT2D eigenvalue weighted by atomic mass is 9.96. The first kappa shape index (κ1) is 95.1. The maximum atomic E-state index is 11.7. The van der Waals surface area contributed by atoms with Crippen LogP contribution in [0.4, 0.5) is 22.2 Å². The molecule has 9 aromatic carbocycles. The van der Waals surface area contributed by atoms with Gasteiger partial charge < -0.3 is 62.6 Å². The minimum Gasteiger partial charge on any atom is -0.444 e. The third-order valence-corrected chi connectivity index (χ3v) is 24.3. The van der Waals surface area contributed by atoms with E-state index < -0.39 is 11.7 Å². The minimum atomic E-state index is -0.482. The highest BCUT2D eigenvalue weighted by molar-refractivity contribution is 6.28. The summed E-state index contributed by atoms with van der Waals surface area (Å²) in [7, 11) is 0. The van der Waals surface area contributed by atoms with Gasteiger partial charge in [-0.1, -0.05) is 219 Å². The number of nitrogens with one attached hydrogen (secondary N) is 8. The molecule has 1 amide bonds. The molecule has 13 N–H and O–H groups in total. The third kappa shape index (κ3) is 24.7. The van der Waals surface area contributed by atoms with E-state index in [9.17, 15) is 9.59 Å². The summed E-state index contributed by atoms with van der Waals surface area (Å²) >= 11 is 6.00. The average molecular weight is 1820 g/mol. The van der Waals surface area contributed by atoms with Crippen LogP contribution in [-0.2, 0) is 62.9 Å². The van der Waals surface area contributed by atoms with Crippen molar-refractivity contribution in [2.24, 2.45) is 16.6 Å². The molecule has 3 unspecified atom stereocenters. The molecule has 0 bridgehead atoms. The molecule has 9 aromatic heterocycles. The molecule has 9 heterocycles. The first-order valence-corrected chi connectivity index (χ1v) is 47.2. The molecule has 3 aliphatic rings. The predicted octanol–water partition coefficient (Wildman–Crippen LogP) is 25.3. The van der Waals surface area contributed by atoms with E-state index in [2.05, 4.69) is 225 Å². The molecule has 0 fully saturated rings. The summed E-state index contributed by atoms with van der Waals surface area (Å²) in [5.74, 6) is 4.80. The second-order valence-corrected chi connectivity index (χ2v) is 36.3. The number of nitrogens with two attached hydrogens (primary N) is 2. The van der Waals surface area contributed by atoms with E-state index in [1.807, 2.05) is 169 Å². The van der Waals surface area contributed by atoms with Gasteiger partial charge >= 0.3 is 6.09 Å². The van der Waals surface area contributed by atoms with Crippen molar-refractivity contribution < 1.29 is 19.5 Å². The smallest absolute Gasteiger partial charge is 0.408 e. The molecular weight excluding hydrogens is 1700 g/mol. The number of nitrogens with zero attached hydrogens (tertiary/aromatic N) is 9. The first-order chi connectivity index (χ1) is 65.4. The van der Waals surface area contributed by atoms with Crippen molar-refractivity contribution in [3.8, 4) is 11.9 Å². The Bertz CT molecular complexity index is 6740. The maximum absolute atomic E-state index is 11.7. The van der Waals surface area contributed by atoms with E-state index in [0.717, 1.165) is 165 Å². The van der Waals surface area contributed by atoms with Gasteiger partial charge in [-0.2, -0.15) is 9.97 Å². The van der Waals surface area contributed by atoms with Crippen molar-refractivity contribution in [1.29, 1.82) is 0 Å². The van der Waals surface area contributed by atoms with Crippen molar-refractivity contribution in [1.82, 2.24) is 64.3 Å². The highest BCUT2D eigenvalue weighted by Gasteiger charge is 2.26. The summed E-state index contributed by atoms with van der Waals surface area (Å²) in [6.45, 7) is 21.5. The highest BCUT2D eigenvalue weighted by atomic mass is 35.5. The average Bonchev–Trinajstić information content (AvgIpc) is 1.63. The number of aromatic amines is 4. The Hall–Kier alpha value is -14.5. The zero-order valence-corrected chi connectivity index (χ0v) is 79.4. The number of benzene rings is 9. The van der Waals surface area contributed by atoms with Gasteiger partial charge in [-0.15, -0.1) is 0 Å². The lowest BCUT2D eigenvalue weighted by Crippen LogP contribution is -2.34. The van der Waals surface area contributed by atoms with Crippen molar-refractivity contribution in [2.75, 3.05) is 16.0 Å². The summed E-state index contributed by atoms with van der Waals surface area (Å²) < 4.78 is 9.62. The lowest BCUT2D eigenvalue weighted by Gasteiger charge is -2.21. The molecule has 3 aliphatic carbocycles. The van der Waals surface area contributed by atoms with Crippen LogP contribution in [0.5, 0.6) is 0 Å². The number of para-hydroxylation sites is 6. The van der Waals surface area contributed by atoms with Crippen LogP contribution in [0, 0.1) is 0 Å². The Morgan fingerprint density at radius 3 is 1.19 bits per heavy atom. The number of alkyl carbamates (subject to hydrolysis) is 1. The molecular formula is C111H122ClN19O4.